The maximum Gasteiger partial charge on any atom is 0.259 e. The fraction of sp³-hybridized carbons (Fsp3) is 0.286. The Balaban J connectivity index is 2.10. The van der Waals surface area contributed by atoms with E-state index in [9.17, 15) is 4.79 Å². The van der Waals surface area contributed by atoms with Gasteiger partial charge in [-0.3, -0.25) is 10.1 Å². The molecule has 0 aliphatic rings. The highest BCUT2D eigenvalue weighted by Gasteiger charge is 2.20. The maximum atomic E-state index is 12.5. The molecule has 0 saturated heterocycles. The summed E-state index contributed by atoms with van der Waals surface area (Å²) >= 11 is 1.37. The molecule has 3 rings (SSSR count). The summed E-state index contributed by atoms with van der Waals surface area (Å²) in [4.78, 5) is 21.0. The van der Waals surface area contributed by atoms with Gasteiger partial charge in [-0.25, -0.2) is 9.97 Å². The molecule has 0 fully saturated rings. The summed E-state index contributed by atoms with van der Waals surface area (Å²) in [5.41, 5.74) is 2.35. The minimum Gasteiger partial charge on any atom is -0.336 e. The molecular formula is C14H14N4O2S. The van der Waals surface area contributed by atoms with Gasteiger partial charge in [-0.1, -0.05) is 19.0 Å². The highest BCUT2D eigenvalue weighted by atomic mass is 32.1. The zero-order chi connectivity index (χ0) is 15.0. The van der Waals surface area contributed by atoms with Gasteiger partial charge in [0.25, 0.3) is 11.6 Å². The average molecular weight is 302 g/mol. The van der Waals surface area contributed by atoms with Gasteiger partial charge in [0.2, 0.25) is 0 Å². The molecule has 1 N–H and O–H groups in total. The van der Waals surface area contributed by atoms with Crippen molar-refractivity contribution in [2.24, 2.45) is 0 Å². The second kappa shape index (κ2) is 5.25. The van der Waals surface area contributed by atoms with Crippen LogP contribution in [0.5, 0.6) is 0 Å². The Hall–Kier alpha value is -2.28. The molecular weight excluding hydrogens is 288 g/mol. The average Bonchev–Trinajstić information content (AvgIpc) is 3.08. The van der Waals surface area contributed by atoms with Gasteiger partial charge in [-0.05, 0) is 18.9 Å². The first-order valence-corrected chi connectivity index (χ1v) is 7.42. The Bertz CT molecular complexity index is 793. The summed E-state index contributed by atoms with van der Waals surface area (Å²) in [6.45, 7) is 5.82. The standard InChI is InChI=1S/C14H14N4O2S/c1-7(2)10-6-9(11-8(3)18-20-13(11)16-10)12(19)17-14-15-4-5-21-14/h4-7H,1-3H3,(H,15,17,19). The van der Waals surface area contributed by atoms with E-state index in [1.165, 1.54) is 11.3 Å². The van der Waals surface area contributed by atoms with Crippen LogP contribution < -0.4 is 5.32 Å². The van der Waals surface area contributed by atoms with E-state index in [2.05, 4.69) is 20.4 Å². The molecule has 3 aromatic rings. The van der Waals surface area contributed by atoms with Crippen LogP contribution in [-0.2, 0) is 0 Å². The van der Waals surface area contributed by atoms with Gasteiger partial charge in [-0.2, -0.15) is 0 Å². The van der Waals surface area contributed by atoms with Crippen molar-refractivity contribution in [1.82, 2.24) is 15.1 Å². The van der Waals surface area contributed by atoms with Crippen molar-refractivity contribution < 1.29 is 9.32 Å². The van der Waals surface area contributed by atoms with Crippen molar-refractivity contribution >= 4 is 33.5 Å². The van der Waals surface area contributed by atoms with Crippen LogP contribution >= 0.6 is 11.3 Å². The Kier molecular flexibility index (Phi) is 3.42. The lowest BCUT2D eigenvalue weighted by atomic mass is 10.0. The highest BCUT2D eigenvalue weighted by Crippen LogP contribution is 2.26. The molecule has 7 heteroatoms. The number of carbonyl (C=O) groups excluding carboxylic acids is 1. The minimum atomic E-state index is -0.231. The van der Waals surface area contributed by atoms with Gasteiger partial charge >= 0.3 is 0 Å². The van der Waals surface area contributed by atoms with Crippen LogP contribution in [0.15, 0.2) is 22.2 Å². The summed E-state index contributed by atoms with van der Waals surface area (Å²) in [5.74, 6) is -0.0447. The Labute approximate surface area is 125 Å². The number of anilines is 1. The van der Waals surface area contributed by atoms with Crippen molar-refractivity contribution in [3.63, 3.8) is 0 Å². The van der Waals surface area contributed by atoms with Crippen molar-refractivity contribution in [2.75, 3.05) is 5.32 Å². The zero-order valence-corrected chi connectivity index (χ0v) is 12.7. The highest BCUT2D eigenvalue weighted by molar-refractivity contribution is 7.13. The first-order chi connectivity index (χ1) is 10.1. The van der Waals surface area contributed by atoms with Gasteiger partial charge in [0.05, 0.1) is 16.6 Å². The number of hydrogen-bond donors (Lipinski definition) is 1. The van der Waals surface area contributed by atoms with E-state index in [0.29, 0.717) is 27.5 Å². The lowest BCUT2D eigenvalue weighted by Gasteiger charge is -2.08. The molecule has 0 unspecified atom stereocenters. The third-order valence-corrected chi connectivity index (χ3v) is 3.81. The molecule has 0 radical (unpaired) electrons. The van der Waals surface area contributed by atoms with Crippen LogP contribution in [0.4, 0.5) is 5.13 Å². The summed E-state index contributed by atoms with van der Waals surface area (Å²) in [7, 11) is 0. The number of thiazole rings is 1. The van der Waals surface area contributed by atoms with E-state index in [-0.39, 0.29) is 11.8 Å². The van der Waals surface area contributed by atoms with Crippen molar-refractivity contribution in [2.45, 2.75) is 26.7 Å². The van der Waals surface area contributed by atoms with Crippen LogP contribution in [0.25, 0.3) is 11.1 Å². The molecule has 3 heterocycles. The first kappa shape index (κ1) is 13.7. The van der Waals surface area contributed by atoms with E-state index in [0.717, 1.165) is 5.69 Å². The van der Waals surface area contributed by atoms with Crippen molar-refractivity contribution in [1.29, 1.82) is 0 Å². The monoisotopic (exact) mass is 302 g/mol. The lowest BCUT2D eigenvalue weighted by Crippen LogP contribution is -2.13. The topological polar surface area (TPSA) is 80.9 Å². The minimum absolute atomic E-state index is 0.186. The van der Waals surface area contributed by atoms with Crippen LogP contribution in [0, 0.1) is 6.92 Å². The number of amides is 1. The second-order valence-corrected chi connectivity index (χ2v) is 5.88. The molecule has 0 spiro atoms. The van der Waals surface area contributed by atoms with Crippen LogP contribution in [0.2, 0.25) is 0 Å². The Morgan fingerprint density at radius 1 is 1.43 bits per heavy atom. The maximum absolute atomic E-state index is 12.5. The van der Waals surface area contributed by atoms with Crippen LogP contribution in [0.3, 0.4) is 0 Å². The number of aromatic nitrogens is 3. The zero-order valence-electron chi connectivity index (χ0n) is 11.9. The van der Waals surface area contributed by atoms with Gasteiger partial charge in [-0.15, -0.1) is 11.3 Å². The number of pyridine rings is 1. The summed E-state index contributed by atoms with van der Waals surface area (Å²) in [5, 5.41) is 9.71. The number of hydrogen-bond acceptors (Lipinski definition) is 6. The molecule has 0 aromatic carbocycles. The molecule has 0 saturated carbocycles. The van der Waals surface area contributed by atoms with E-state index in [1.54, 1.807) is 19.2 Å². The molecule has 0 aliphatic heterocycles. The molecule has 0 atom stereocenters. The van der Waals surface area contributed by atoms with E-state index >= 15 is 0 Å². The third kappa shape index (κ3) is 2.52. The summed E-state index contributed by atoms with van der Waals surface area (Å²) < 4.78 is 5.21. The van der Waals surface area contributed by atoms with Crippen LogP contribution in [-0.4, -0.2) is 21.0 Å². The fourth-order valence-electron chi connectivity index (χ4n) is 2.04. The quantitative estimate of drug-likeness (QED) is 0.802. The molecule has 0 bridgehead atoms. The van der Waals surface area contributed by atoms with Crippen molar-refractivity contribution in [3.05, 3.63) is 34.6 Å². The van der Waals surface area contributed by atoms with E-state index < -0.39 is 0 Å². The fourth-order valence-corrected chi connectivity index (χ4v) is 2.56. The normalized spacial score (nSPS) is 11.2. The third-order valence-electron chi connectivity index (χ3n) is 3.13. The number of aryl methyl sites for hydroxylation is 1. The van der Waals surface area contributed by atoms with Gasteiger partial charge in [0, 0.05) is 17.3 Å². The number of carbonyl (C=O) groups is 1. The van der Waals surface area contributed by atoms with Crippen molar-refractivity contribution in [3.8, 4) is 0 Å². The van der Waals surface area contributed by atoms with Crippen LogP contribution in [0.1, 0.15) is 41.5 Å². The van der Waals surface area contributed by atoms with Gasteiger partial charge < -0.3 is 4.52 Å². The Morgan fingerprint density at radius 2 is 2.24 bits per heavy atom. The first-order valence-electron chi connectivity index (χ1n) is 6.54. The summed E-state index contributed by atoms with van der Waals surface area (Å²) in [6, 6.07) is 1.79. The molecule has 6 nitrogen and oxygen atoms in total. The SMILES string of the molecule is Cc1noc2nc(C(C)C)cc(C(=O)Nc3nccs3)c12. The van der Waals surface area contributed by atoms with Gasteiger partial charge in [0.1, 0.15) is 0 Å². The van der Waals surface area contributed by atoms with E-state index in [1.807, 2.05) is 19.2 Å². The smallest absolute Gasteiger partial charge is 0.259 e. The molecule has 0 aliphatic carbocycles. The van der Waals surface area contributed by atoms with E-state index in [4.69, 9.17) is 4.52 Å². The van der Waals surface area contributed by atoms with Gasteiger partial charge in [0.15, 0.2) is 5.13 Å². The molecule has 3 aromatic heterocycles. The number of fused-ring (bicyclic) bond motifs is 1. The molecule has 108 valence electrons. The number of nitrogens with one attached hydrogen (secondary N) is 1. The molecule has 21 heavy (non-hydrogen) atoms. The second-order valence-electron chi connectivity index (χ2n) is 4.99. The Morgan fingerprint density at radius 3 is 2.90 bits per heavy atom. The summed E-state index contributed by atoms with van der Waals surface area (Å²) in [6.07, 6.45) is 1.65. The number of nitrogens with zero attached hydrogens (tertiary/aromatic N) is 3. The largest absolute Gasteiger partial charge is 0.336 e. The number of rotatable bonds is 3. The predicted octanol–water partition coefficient (Wildman–Crippen LogP) is 3.36. The molecule has 1 amide bonds. The lowest BCUT2D eigenvalue weighted by molar-refractivity contribution is 0.102. The predicted molar refractivity (Wildman–Crippen MR) is 80.7 cm³/mol.